The number of piperidine rings is 1. The Bertz CT molecular complexity index is 950. The van der Waals surface area contributed by atoms with Crippen molar-refractivity contribution in [1.82, 2.24) is 9.80 Å². The number of carbonyl (C=O) groups is 1. The van der Waals surface area contributed by atoms with Gasteiger partial charge >= 0.3 is 0 Å². The summed E-state index contributed by atoms with van der Waals surface area (Å²) in [4.78, 5) is 17.6. The molecule has 1 saturated heterocycles. The molecule has 0 aromatic heterocycles. The molecule has 1 aliphatic rings. The lowest BCUT2D eigenvalue weighted by Crippen LogP contribution is -2.43. The van der Waals surface area contributed by atoms with Gasteiger partial charge in [-0.1, -0.05) is 97.9 Å². The van der Waals surface area contributed by atoms with Crippen LogP contribution < -0.4 is 0 Å². The Balaban J connectivity index is 1.52. The fraction of sp³-hybridized carbons (Fsp3) is 0.345. The van der Waals surface area contributed by atoms with Crippen molar-refractivity contribution in [1.29, 1.82) is 0 Å². The summed E-state index contributed by atoms with van der Waals surface area (Å²) in [5.74, 6) is 0.843. The van der Waals surface area contributed by atoms with Crippen molar-refractivity contribution in [3.05, 3.63) is 108 Å². The molecule has 3 nitrogen and oxygen atoms in total. The molecule has 0 N–H and O–H groups in total. The first-order valence-electron chi connectivity index (χ1n) is 11.9. The third kappa shape index (κ3) is 5.66. The van der Waals surface area contributed by atoms with Crippen molar-refractivity contribution < 1.29 is 4.79 Å². The topological polar surface area (TPSA) is 23.6 Å². The first-order chi connectivity index (χ1) is 15.7. The van der Waals surface area contributed by atoms with E-state index in [2.05, 4.69) is 82.6 Å². The number of carbonyl (C=O) groups excluding carboxylic acids is 1. The van der Waals surface area contributed by atoms with E-state index in [1.807, 2.05) is 25.1 Å². The number of hydrogen-bond donors (Lipinski definition) is 0. The smallest absolute Gasteiger partial charge is 0.222 e. The molecule has 32 heavy (non-hydrogen) atoms. The predicted molar refractivity (Wildman–Crippen MR) is 131 cm³/mol. The molecule has 3 aromatic carbocycles. The molecular weight excluding hydrogens is 392 g/mol. The van der Waals surface area contributed by atoms with Gasteiger partial charge in [-0.05, 0) is 48.5 Å². The second kappa shape index (κ2) is 11.1. The molecule has 0 radical (unpaired) electrons. The number of amides is 1. The lowest BCUT2D eigenvalue weighted by Gasteiger charge is -2.40. The van der Waals surface area contributed by atoms with Crippen molar-refractivity contribution in [2.45, 2.75) is 44.7 Å². The van der Waals surface area contributed by atoms with E-state index in [0.717, 1.165) is 32.5 Å². The van der Waals surface area contributed by atoms with Crippen molar-refractivity contribution >= 4 is 5.91 Å². The molecule has 0 spiro atoms. The third-order valence-corrected chi connectivity index (χ3v) is 6.69. The van der Waals surface area contributed by atoms with Crippen molar-refractivity contribution in [3.8, 4) is 0 Å². The van der Waals surface area contributed by atoms with Crippen LogP contribution in [0, 0.1) is 0 Å². The minimum absolute atomic E-state index is 0.215. The highest BCUT2D eigenvalue weighted by atomic mass is 16.2. The van der Waals surface area contributed by atoms with Crippen LogP contribution in [0.25, 0.3) is 0 Å². The SMILES string of the molecule is CCC(=O)N(Cc1ccccc1)CC(c1ccccc1)N1CCC(c2ccccc2)CC1. The molecule has 4 rings (SSSR count). The highest BCUT2D eigenvalue weighted by molar-refractivity contribution is 5.75. The van der Waals surface area contributed by atoms with Crippen LogP contribution in [-0.2, 0) is 11.3 Å². The minimum atomic E-state index is 0.215. The van der Waals surface area contributed by atoms with Gasteiger partial charge < -0.3 is 4.90 Å². The lowest BCUT2D eigenvalue weighted by molar-refractivity contribution is -0.132. The van der Waals surface area contributed by atoms with Gasteiger partial charge in [0.1, 0.15) is 0 Å². The normalized spacial score (nSPS) is 15.9. The van der Waals surface area contributed by atoms with E-state index in [1.165, 1.54) is 16.7 Å². The Morgan fingerprint density at radius 3 is 2.03 bits per heavy atom. The average molecular weight is 427 g/mol. The molecular formula is C29H34N2O. The quantitative estimate of drug-likeness (QED) is 0.438. The van der Waals surface area contributed by atoms with E-state index in [4.69, 9.17) is 0 Å². The van der Waals surface area contributed by atoms with Gasteiger partial charge in [0.2, 0.25) is 5.91 Å². The van der Waals surface area contributed by atoms with E-state index in [-0.39, 0.29) is 11.9 Å². The van der Waals surface area contributed by atoms with Gasteiger partial charge in [0.25, 0.3) is 0 Å². The second-order valence-electron chi connectivity index (χ2n) is 8.76. The fourth-order valence-electron chi connectivity index (χ4n) is 4.87. The second-order valence-corrected chi connectivity index (χ2v) is 8.76. The largest absolute Gasteiger partial charge is 0.336 e. The average Bonchev–Trinajstić information content (AvgIpc) is 2.88. The highest BCUT2D eigenvalue weighted by Gasteiger charge is 2.29. The van der Waals surface area contributed by atoms with Gasteiger partial charge in [-0.2, -0.15) is 0 Å². The third-order valence-electron chi connectivity index (χ3n) is 6.69. The van der Waals surface area contributed by atoms with Gasteiger partial charge in [-0.3, -0.25) is 9.69 Å². The van der Waals surface area contributed by atoms with Gasteiger partial charge in [-0.15, -0.1) is 0 Å². The van der Waals surface area contributed by atoms with E-state index in [9.17, 15) is 4.79 Å². The van der Waals surface area contributed by atoms with Gasteiger partial charge in [0.05, 0.1) is 6.04 Å². The Morgan fingerprint density at radius 2 is 1.44 bits per heavy atom. The van der Waals surface area contributed by atoms with Crippen LogP contribution in [0.2, 0.25) is 0 Å². The van der Waals surface area contributed by atoms with Crippen molar-refractivity contribution in [2.75, 3.05) is 19.6 Å². The number of benzene rings is 3. The van der Waals surface area contributed by atoms with Crippen LogP contribution in [0.1, 0.15) is 54.8 Å². The predicted octanol–water partition coefficient (Wildman–Crippen LogP) is 6.05. The number of rotatable bonds is 8. The van der Waals surface area contributed by atoms with E-state index < -0.39 is 0 Å². The van der Waals surface area contributed by atoms with Crippen LogP contribution >= 0.6 is 0 Å². The fourth-order valence-corrected chi connectivity index (χ4v) is 4.87. The monoisotopic (exact) mass is 426 g/mol. The zero-order valence-corrected chi connectivity index (χ0v) is 19.1. The van der Waals surface area contributed by atoms with Crippen LogP contribution in [-0.4, -0.2) is 35.3 Å². The molecule has 0 saturated carbocycles. The zero-order chi connectivity index (χ0) is 22.2. The first kappa shape index (κ1) is 22.3. The molecule has 0 aliphatic carbocycles. The summed E-state index contributed by atoms with van der Waals surface area (Å²) in [5, 5.41) is 0. The summed E-state index contributed by atoms with van der Waals surface area (Å²) < 4.78 is 0. The molecule has 1 heterocycles. The molecule has 1 unspecified atom stereocenters. The maximum Gasteiger partial charge on any atom is 0.222 e. The van der Waals surface area contributed by atoms with Crippen LogP contribution in [0.15, 0.2) is 91.0 Å². The van der Waals surface area contributed by atoms with Crippen molar-refractivity contribution in [3.63, 3.8) is 0 Å². The molecule has 0 bridgehead atoms. The molecule has 1 atom stereocenters. The molecule has 1 aliphatic heterocycles. The summed E-state index contributed by atoms with van der Waals surface area (Å²) >= 11 is 0. The molecule has 166 valence electrons. The Labute approximate surface area is 192 Å². The van der Waals surface area contributed by atoms with E-state index in [0.29, 0.717) is 18.9 Å². The zero-order valence-electron chi connectivity index (χ0n) is 19.1. The van der Waals surface area contributed by atoms with Crippen LogP contribution in [0.3, 0.4) is 0 Å². The summed E-state index contributed by atoms with van der Waals surface area (Å²) in [5.41, 5.74) is 3.94. The Kier molecular flexibility index (Phi) is 7.73. The lowest BCUT2D eigenvalue weighted by atomic mass is 9.88. The van der Waals surface area contributed by atoms with Crippen molar-refractivity contribution in [2.24, 2.45) is 0 Å². The molecule has 1 amide bonds. The molecule has 1 fully saturated rings. The maximum atomic E-state index is 12.9. The minimum Gasteiger partial charge on any atom is -0.336 e. The first-order valence-corrected chi connectivity index (χ1v) is 11.9. The van der Waals surface area contributed by atoms with Crippen LogP contribution in [0.5, 0.6) is 0 Å². The summed E-state index contributed by atoms with van der Waals surface area (Å²) in [6.07, 6.45) is 2.85. The number of hydrogen-bond acceptors (Lipinski definition) is 2. The van der Waals surface area contributed by atoms with Gasteiger partial charge in [-0.25, -0.2) is 0 Å². The van der Waals surface area contributed by atoms with Gasteiger partial charge in [0, 0.05) is 19.5 Å². The van der Waals surface area contributed by atoms with Crippen LogP contribution in [0.4, 0.5) is 0 Å². The summed E-state index contributed by atoms with van der Waals surface area (Å²) in [6.45, 7) is 5.46. The Hall–Kier alpha value is -2.91. The molecule has 3 heteroatoms. The highest BCUT2D eigenvalue weighted by Crippen LogP contribution is 2.33. The Morgan fingerprint density at radius 1 is 0.875 bits per heavy atom. The maximum absolute atomic E-state index is 12.9. The van der Waals surface area contributed by atoms with E-state index in [1.54, 1.807) is 0 Å². The van der Waals surface area contributed by atoms with E-state index >= 15 is 0 Å². The summed E-state index contributed by atoms with van der Waals surface area (Å²) in [7, 11) is 0. The number of likely N-dealkylation sites (tertiary alicyclic amines) is 1. The standard InChI is InChI=1S/C29H34N2O/c1-2-29(32)31(22-24-12-6-3-7-13-24)23-28(27-16-10-5-11-17-27)30-20-18-26(19-21-30)25-14-8-4-9-15-25/h3-17,26,28H,2,18-23H2,1H3. The van der Waals surface area contributed by atoms with Gasteiger partial charge in [0.15, 0.2) is 0 Å². The number of nitrogens with zero attached hydrogens (tertiary/aromatic N) is 2. The molecule has 3 aromatic rings. The summed E-state index contributed by atoms with van der Waals surface area (Å²) in [6, 6.07) is 32.2.